The van der Waals surface area contributed by atoms with Crippen LogP contribution in [0.15, 0.2) is 409 Å². The molecule has 16 aromatic carbocycles. The van der Waals surface area contributed by atoms with E-state index in [4.69, 9.17) is 18.9 Å². The first-order valence-electron chi connectivity index (χ1n) is 49.5. The van der Waals surface area contributed by atoms with E-state index in [-0.39, 0.29) is 11.9 Å². The fourth-order valence-corrected chi connectivity index (χ4v) is 27.1. The van der Waals surface area contributed by atoms with Gasteiger partial charge in [-0.3, -0.25) is 0 Å². The molecule has 16 aromatic rings. The van der Waals surface area contributed by atoms with E-state index < -0.39 is 35.0 Å². The minimum absolute atomic E-state index is 0.273. The number of carbonyl (C=O) groups excluding carboxylic acids is 2. The van der Waals surface area contributed by atoms with Crippen LogP contribution in [0, 0.1) is 6.92 Å². The zero-order chi connectivity index (χ0) is 99.9. The van der Waals surface area contributed by atoms with Gasteiger partial charge in [0.1, 0.15) is 23.0 Å². The minimum atomic E-state index is -1.09. The molecule has 0 saturated heterocycles. The number of hydrogen-bond acceptors (Lipinski definition) is 10. The summed E-state index contributed by atoms with van der Waals surface area (Å²) in [5, 5.41) is 12.6. The van der Waals surface area contributed by atoms with Crippen molar-refractivity contribution in [3.63, 3.8) is 0 Å². The zero-order valence-corrected chi connectivity index (χ0v) is 91.7. The average Bonchev–Trinajstić information content (AvgIpc) is 1.38. The molecule has 0 N–H and O–H groups in total. The first-order valence-corrected chi connectivity index (χ1v) is 58.7. The Morgan fingerprint density at radius 2 is 0.472 bits per heavy atom. The molecular weight excluding hydrogens is 2090 g/mol. The van der Waals surface area contributed by atoms with Crippen molar-refractivity contribution in [2.24, 2.45) is 0 Å². The topological polar surface area (TPSA) is 84.0 Å². The van der Waals surface area contributed by atoms with Gasteiger partial charge >= 0.3 is 42.6 Å². The molecule has 0 atom stereocenters. The number of halogens is 3. The molecule has 10 nitrogen and oxygen atoms in total. The summed E-state index contributed by atoms with van der Waals surface area (Å²) in [6.45, 7) is 32.7. The number of benzene rings is 16. The van der Waals surface area contributed by atoms with Gasteiger partial charge in [0.25, 0.3) is 0 Å². The quantitative estimate of drug-likeness (QED) is 0.0215. The molecule has 2 spiro atoms. The van der Waals surface area contributed by atoms with Crippen LogP contribution >= 0.6 is 69.1 Å². The van der Waals surface area contributed by atoms with E-state index in [1.807, 2.05) is 84.9 Å². The number of rotatable bonds is 27. The molecule has 4 aliphatic heterocycles. The van der Waals surface area contributed by atoms with Gasteiger partial charge in [-0.25, -0.2) is 9.59 Å². The Bertz CT molecular complexity index is 6000. The number of fused-ring (bicyclic) bond motifs is 12. The number of nitrogens with zero attached hydrogens (tertiary/aromatic N) is 4. The van der Waals surface area contributed by atoms with Crippen molar-refractivity contribution in [2.45, 2.75) is 119 Å². The Labute approximate surface area is 880 Å². The van der Waals surface area contributed by atoms with E-state index in [1.165, 1.54) is 70.2 Å². The molecule has 0 aromatic heterocycles. The maximum absolute atomic E-state index is 13.5. The van der Waals surface area contributed by atoms with Crippen LogP contribution in [0.2, 0.25) is 0 Å². The zero-order valence-electron chi connectivity index (χ0n) is 82.7. The van der Waals surface area contributed by atoms with Crippen LogP contribution in [0.1, 0.15) is 166 Å². The third kappa shape index (κ3) is 24.4. The van der Waals surface area contributed by atoms with E-state index in [0.29, 0.717) is 22.6 Å². The molecule has 4 aliphatic rings. The Balaban J connectivity index is 0.000000143. The van der Waals surface area contributed by atoms with Gasteiger partial charge in [-0.2, -0.15) is 24.6 Å². The summed E-state index contributed by atoms with van der Waals surface area (Å²) in [4.78, 5) is 36.0. The minimum Gasteiger partial charge on any atom is -0.199 e. The van der Waals surface area contributed by atoms with Crippen LogP contribution in [0.25, 0.3) is 0 Å². The molecule has 0 aliphatic carbocycles. The summed E-state index contributed by atoms with van der Waals surface area (Å²) >= 11 is 12.9. The van der Waals surface area contributed by atoms with E-state index in [0.717, 1.165) is 162 Å². The second-order valence-corrected chi connectivity index (χ2v) is 42.8. The first-order chi connectivity index (χ1) is 69.6. The number of esters is 2. The standard InChI is InChI=1S/C36H46N2O3.C28H28Br2N2O3.3C18H15P.C7H7.BrH.Pd/c1-7-13-17-25-21-29-33(23-31(25)37(9-3)10-4)40-34-24-32(38(11-5)12-6)26(18-14-8-2)22-30(34)36(29)28-20-16-15-19-27(28)35(39)41-36;1-5-31(6-2)23-15-25-19(13-21(23)29)28(18-12-10-9-11-17(18)27(33)35-28)20-14-22(30)24(16-26(20)34-25)32(7-3)8-4;3*1-4-10-16(11-5-1)19(17-12-6-2-7-13-17)18-14-8-3-9-15-18;1-7-5-3-2-4-6-7;;/h15-16,19-24H,7-14,17-18H2,1-6H3;9-16H,5-8H2,1-4H3;3*1-15H;2-6H,1H2;1H;/q;;;;;-1;;+2/p-1. The van der Waals surface area contributed by atoms with Gasteiger partial charge in [0.2, 0.25) is 0 Å². The van der Waals surface area contributed by atoms with Crippen molar-refractivity contribution >= 4 is 151 Å². The molecule has 4 heterocycles. The summed E-state index contributed by atoms with van der Waals surface area (Å²) < 4.78 is 28.3. The fraction of sp³-hybridized carbons (Fsp3) is 0.208. The predicted octanol–water partition coefficient (Wildman–Crippen LogP) is 29.2. The fourth-order valence-electron chi connectivity index (χ4n) is 19.0. The number of hydrogen-bond donors (Lipinski definition) is 0. The maximum Gasteiger partial charge on any atom is -0.0134 e. The summed E-state index contributed by atoms with van der Waals surface area (Å²) in [6.07, 6.45) is 6.37. The summed E-state index contributed by atoms with van der Waals surface area (Å²) in [7, 11) is -1.34. The van der Waals surface area contributed by atoms with Gasteiger partial charge < -0.3 is 38.5 Å². The number of ether oxygens (including phenoxy) is 4. The monoisotopic (exact) mass is 2210 g/mol. The van der Waals surface area contributed by atoms with Crippen LogP contribution in [-0.4, -0.2) is 64.3 Å². The Morgan fingerprint density at radius 3 is 0.690 bits per heavy atom. The van der Waals surface area contributed by atoms with E-state index in [1.54, 1.807) is 0 Å². The third-order valence-corrected chi connectivity index (χ3v) is 34.6. The Hall–Kier alpha value is -11.5. The summed E-state index contributed by atoms with van der Waals surface area (Å²) in [5.74, 6) is 2.34. The van der Waals surface area contributed by atoms with Gasteiger partial charge in [-0.05, 0) is 232 Å². The van der Waals surface area contributed by atoms with Crippen LogP contribution in [0.3, 0.4) is 0 Å². The molecule has 728 valence electrons. The molecule has 0 radical (unpaired) electrons. The maximum atomic E-state index is 13.5. The molecule has 0 unspecified atom stereocenters. The van der Waals surface area contributed by atoms with Gasteiger partial charge in [-0.1, -0.05) is 342 Å². The molecule has 0 fully saturated rings. The van der Waals surface area contributed by atoms with Crippen molar-refractivity contribution < 1.29 is 45.7 Å². The SMILES string of the molecule is CCCCc1cc2c(cc1N(CC)CC)Oc1cc(N(CC)CC)c(CCCC)cc1C21OC(=O)c2ccccc21.CCN(CC)c1cc2c(cc1Br)C1(OC(=O)c3ccccc31)c1cc(Br)c(N(CC)CC)cc1O2.[Br][Pd+].[CH2-]c1ccccc1.c1ccc(P(c2ccccc2)c2ccccc2)cc1.c1ccc(P(c2ccccc2)c2ccccc2)cc1.c1ccc(P(c2ccccc2)c2ccccc2)cc1. The smallest absolute Gasteiger partial charge is 0.0134 e. The second kappa shape index (κ2) is 52.7. The molecular formula is C125H126Br3N4O6P3Pd. The normalized spacial score (nSPS) is 12.4. The third-order valence-electron chi connectivity index (χ3n) is 25.9. The molecule has 0 amide bonds. The molecule has 20 rings (SSSR count). The van der Waals surface area contributed by atoms with Crippen molar-refractivity contribution in [3.05, 3.63) is 477 Å². The molecule has 0 saturated carbocycles. The predicted molar refractivity (Wildman–Crippen MR) is 612 cm³/mol. The van der Waals surface area contributed by atoms with Gasteiger partial charge in [0.15, 0.2) is 11.2 Å². The largest absolute Gasteiger partial charge is 0.199 e. The number of carbonyl (C=O) groups is 2. The average molecular weight is 2220 g/mol. The number of anilines is 4. The molecule has 0 bridgehead atoms. The Morgan fingerprint density at radius 1 is 0.268 bits per heavy atom. The number of unbranched alkanes of at least 4 members (excludes halogenated alkanes) is 2. The van der Waals surface area contributed by atoms with Crippen LogP contribution in [-0.2, 0) is 50.7 Å². The molecule has 142 heavy (non-hydrogen) atoms. The Kier molecular flexibility index (Phi) is 39.4. The van der Waals surface area contributed by atoms with Gasteiger partial charge in [0, 0.05) is 130 Å². The van der Waals surface area contributed by atoms with Crippen molar-refractivity contribution in [1.29, 1.82) is 0 Å². The number of aryl methyl sites for hydroxylation is 2. The van der Waals surface area contributed by atoms with Crippen molar-refractivity contribution in [2.75, 3.05) is 72.0 Å². The first kappa shape index (κ1) is 106. The van der Waals surface area contributed by atoms with Crippen molar-refractivity contribution in [3.8, 4) is 23.0 Å². The van der Waals surface area contributed by atoms with Crippen molar-refractivity contribution in [1.82, 2.24) is 0 Å². The van der Waals surface area contributed by atoms with Gasteiger partial charge in [-0.15, -0.1) is 12.1 Å². The van der Waals surface area contributed by atoms with E-state index in [9.17, 15) is 9.59 Å². The van der Waals surface area contributed by atoms with Crippen LogP contribution in [0.5, 0.6) is 23.0 Å². The van der Waals surface area contributed by atoms with E-state index in [2.05, 4.69) is 474 Å². The van der Waals surface area contributed by atoms with Crippen LogP contribution < -0.4 is 76.8 Å². The summed E-state index contributed by atoms with van der Waals surface area (Å²) in [5.41, 5.74) is 12.5. The second-order valence-electron chi connectivity index (χ2n) is 34.4. The van der Waals surface area contributed by atoms with Crippen LogP contribution in [0.4, 0.5) is 22.7 Å². The molecule has 17 heteroatoms. The van der Waals surface area contributed by atoms with E-state index >= 15 is 0 Å². The summed E-state index contributed by atoms with van der Waals surface area (Å²) in [6, 6.07) is 140. The van der Waals surface area contributed by atoms with Gasteiger partial charge in [0.05, 0.1) is 22.5 Å².